The smallest absolute Gasteiger partial charge is 0.152 e. The molecule has 1 radical (unpaired) electrons. The highest BCUT2D eigenvalue weighted by Gasteiger charge is 2.34. The van der Waals surface area contributed by atoms with Gasteiger partial charge in [-0.2, -0.15) is 5.48 Å². The molecule has 1 aromatic carbocycles. The summed E-state index contributed by atoms with van der Waals surface area (Å²) in [7, 11) is 0. The van der Waals surface area contributed by atoms with E-state index in [4.69, 9.17) is 5.21 Å². The number of ketones is 1. The first kappa shape index (κ1) is 13.6. The van der Waals surface area contributed by atoms with Gasteiger partial charge in [-0.15, -0.1) is 0 Å². The molecule has 0 spiro atoms. The Morgan fingerprint density at radius 3 is 2.53 bits per heavy atom. The van der Waals surface area contributed by atoms with E-state index in [-0.39, 0.29) is 11.7 Å². The maximum atomic E-state index is 11.5. The van der Waals surface area contributed by atoms with Crippen LogP contribution in [0.25, 0.3) is 6.08 Å². The minimum absolute atomic E-state index is 0.155. The Morgan fingerprint density at radius 2 is 2.06 bits per heavy atom. The fourth-order valence-electron chi connectivity index (χ4n) is 1.41. The molecule has 17 heavy (non-hydrogen) atoms. The molecule has 0 aliphatic carbocycles. The average Bonchev–Trinajstić information content (AvgIpc) is 2.35. The molecular weight excluding hydrogens is 214 g/mol. The minimum atomic E-state index is -1.05. The van der Waals surface area contributed by atoms with E-state index in [1.165, 1.54) is 6.92 Å². The summed E-state index contributed by atoms with van der Waals surface area (Å²) in [5.41, 5.74) is 2.03. The summed E-state index contributed by atoms with van der Waals surface area (Å²) in [6.45, 7) is 6.94. The van der Waals surface area contributed by atoms with Gasteiger partial charge in [0.15, 0.2) is 5.78 Å². The number of carbonyl (C=O) groups is 1. The highest BCUT2D eigenvalue weighted by atomic mass is 16.5. The largest absolute Gasteiger partial charge is 0.316 e. The zero-order valence-electron chi connectivity index (χ0n) is 10.2. The molecule has 0 bridgehead atoms. The van der Waals surface area contributed by atoms with Gasteiger partial charge in [0.2, 0.25) is 0 Å². The van der Waals surface area contributed by atoms with Crippen LogP contribution >= 0.6 is 0 Å². The third-order valence-electron chi connectivity index (χ3n) is 3.03. The zero-order chi connectivity index (χ0) is 12.9. The number of carbonyl (C=O) groups excluding carboxylic acids is 1. The molecule has 0 saturated carbocycles. The molecule has 3 nitrogen and oxygen atoms in total. The van der Waals surface area contributed by atoms with Crippen LogP contribution in [-0.4, -0.2) is 16.5 Å². The third kappa shape index (κ3) is 3.25. The monoisotopic (exact) mass is 232 g/mol. The molecule has 1 rings (SSSR count). The Kier molecular flexibility index (Phi) is 4.61. The van der Waals surface area contributed by atoms with E-state index < -0.39 is 5.54 Å². The topological polar surface area (TPSA) is 49.3 Å². The summed E-state index contributed by atoms with van der Waals surface area (Å²) >= 11 is 0. The molecule has 0 aromatic heterocycles. The highest BCUT2D eigenvalue weighted by molar-refractivity contribution is 5.86. The lowest BCUT2D eigenvalue weighted by molar-refractivity contribution is -0.128. The fraction of sp³-hybridized carbons (Fsp3) is 0.286. The van der Waals surface area contributed by atoms with Crippen molar-refractivity contribution < 1.29 is 10.0 Å². The van der Waals surface area contributed by atoms with Gasteiger partial charge in [-0.25, -0.2) is 0 Å². The van der Waals surface area contributed by atoms with Crippen LogP contribution in [-0.2, 0) is 4.79 Å². The van der Waals surface area contributed by atoms with Crippen LogP contribution in [0.15, 0.2) is 36.4 Å². The molecule has 1 aromatic rings. The Hall–Kier alpha value is -1.45. The summed E-state index contributed by atoms with van der Waals surface area (Å²) in [5.74, 6) is -0.511. The first-order valence-electron chi connectivity index (χ1n) is 5.49. The van der Waals surface area contributed by atoms with Gasteiger partial charge in [-0.3, -0.25) is 4.79 Å². The standard InChI is InChI=1S/C14H18NO2/c1-11(14(3,15-17)12(2)16)9-10-13-7-5-4-6-8-13/h4-11,15,17H,1H2,2-3H3. The number of rotatable bonds is 5. The van der Waals surface area contributed by atoms with Crippen molar-refractivity contribution >= 4 is 11.9 Å². The van der Waals surface area contributed by atoms with Crippen molar-refractivity contribution in [3.8, 4) is 0 Å². The summed E-state index contributed by atoms with van der Waals surface area (Å²) in [6, 6.07) is 9.73. The highest BCUT2D eigenvalue weighted by Crippen LogP contribution is 2.19. The van der Waals surface area contributed by atoms with E-state index in [2.05, 4.69) is 12.4 Å². The quantitative estimate of drug-likeness (QED) is 0.767. The van der Waals surface area contributed by atoms with E-state index in [1.807, 2.05) is 36.4 Å². The number of benzene rings is 1. The van der Waals surface area contributed by atoms with Gasteiger partial charge in [0.25, 0.3) is 0 Å². The van der Waals surface area contributed by atoms with Crippen LogP contribution in [0.1, 0.15) is 19.4 Å². The van der Waals surface area contributed by atoms with Crippen molar-refractivity contribution in [2.24, 2.45) is 5.92 Å². The van der Waals surface area contributed by atoms with Crippen LogP contribution in [0.4, 0.5) is 0 Å². The molecule has 0 aliphatic heterocycles. The predicted octanol–water partition coefficient (Wildman–Crippen LogP) is 2.48. The lowest BCUT2D eigenvalue weighted by atomic mass is 9.84. The van der Waals surface area contributed by atoms with Gasteiger partial charge >= 0.3 is 0 Å². The molecule has 2 N–H and O–H groups in total. The maximum absolute atomic E-state index is 11.5. The van der Waals surface area contributed by atoms with Crippen molar-refractivity contribution in [2.45, 2.75) is 19.4 Å². The lowest BCUT2D eigenvalue weighted by Crippen LogP contribution is -2.51. The number of hydrogen-bond acceptors (Lipinski definition) is 3. The van der Waals surface area contributed by atoms with Gasteiger partial charge in [0.05, 0.1) is 0 Å². The van der Waals surface area contributed by atoms with Gasteiger partial charge in [-0.1, -0.05) is 42.5 Å². The number of nitrogens with one attached hydrogen (secondary N) is 1. The Morgan fingerprint density at radius 1 is 1.47 bits per heavy atom. The first-order valence-corrected chi connectivity index (χ1v) is 5.49. The summed E-state index contributed by atoms with van der Waals surface area (Å²) in [5, 5.41) is 9.08. The fourth-order valence-corrected chi connectivity index (χ4v) is 1.41. The van der Waals surface area contributed by atoms with Crippen LogP contribution in [0.5, 0.6) is 0 Å². The van der Waals surface area contributed by atoms with Crippen LogP contribution in [0.3, 0.4) is 0 Å². The molecular formula is C14H18NO2. The van der Waals surface area contributed by atoms with Crippen molar-refractivity contribution in [1.82, 2.24) is 5.48 Å². The Balaban J connectivity index is 2.81. The molecule has 0 aliphatic rings. The molecule has 91 valence electrons. The van der Waals surface area contributed by atoms with Crippen molar-refractivity contribution in [3.63, 3.8) is 0 Å². The first-order chi connectivity index (χ1) is 8.00. The second-order valence-electron chi connectivity index (χ2n) is 4.25. The van der Waals surface area contributed by atoms with E-state index in [0.29, 0.717) is 0 Å². The predicted molar refractivity (Wildman–Crippen MR) is 68.3 cm³/mol. The van der Waals surface area contributed by atoms with Gasteiger partial charge in [-0.05, 0) is 26.3 Å². The summed E-state index contributed by atoms with van der Waals surface area (Å²) < 4.78 is 0. The van der Waals surface area contributed by atoms with Gasteiger partial charge in [0.1, 0.15) is 5.54 Å². The third-order valence-corrected chi connectivity index (χ3v) is 3.03. The summed E-state index contributed by atoms with van der Waals surface area (Å²) in [4.78, 5) is 11.5. The zero-order valence-corrected chi connectivity index (χ0v) is 10.2. The van der Waals surface area contributed by atoms with Crippen LogP contribution in [0.2, 0.25) is 0 Å². The number of hydrogen-bond donors (Lipinski definition) is 2. The van der Waals surface area contributed by atoms with Crippen molar-refractivity contribution in [1.29, 1.82) is 0 Å². The normalized spacial score (nSPS) is 16.7. The molecule has 0 amide bonds. The number of Topliss-reactive ketones (excluding diaryl/α,β-unsaturated/α-hetero) is 1. The molecule has 2 atom stereocenters. The van der Waals surface area contributed by atoms with E-state index >= 15 is 0 Å². The maximum Gasteiger partial charge on any atom is 0.152 e. The molecule has 2 unspecified atom stereocenters. The van der Waals surface area contributed by atoms with E-state index in [0.717, 1.165) is 5.56 Å². The van der Waals surface area contributed by atoms with Crippen LogP contribution in [0, 0.1) is 12.8 Å². The minimum Gasteiger partial charge on any atom is -0.316 e. The van der Waals surface area contributed by atoms with Crippen molar-refractivity contribution in [2.75, 3.05) is 0 Å². The van der Waals surface area contributed by atoms with E-state index in [9.17, 15) is 4.79 Å². The Bertz CT molecular complexity index is 400. The second kappa shape index (κ2) is 5.75. The SMILES string of the molecule is [CH2]C(C=Cc1ccccc1)C(C)(NO)C(C)=O. The molecule has 0 heterocycles. The van der Waals surface area contributed by atoms with Gasteiger partial charge < -0.3 is 5.21 Å². The second-order valence-corrected chi connectivity index (χ2v) is 4.25. The summed E-state index contributed by atoms with van der Waals surface area (Å²) in [6.07, 6.45) is 3.69. The van der Waals surface area contributed by atoms with Gasteiger partial charge in [0, 0.05) is 5.92 Å². The molecule has 3 heteroatoms. The van der Waals surface area contributed by atoms with Crippen molar-refractivity contribution in [3.05, 3.63) is 48.9 Å². The molecule has 0 saturated heterocycles. The lowest BCUT2D eigenvalue weighted by Gasteiger charge is -2.29. The Labute approximate surface area is 102 Å². The number of hydroxylamine groups is 1. The van der Waals surface area contributed by atoms with E-state index in [1.54, 1.807) is 13.0 Å². The van der Waals surface area contributed by atoms with Crippen LogP contribution < -0.4 is 5.48 Å². The molecule has 0 fully saturated rings. The average molecular weight is 232 g/mol.